The predicted octanol–water partition coefficient (Wildman–Crippen LogP) is 3.20. The van der Waals surface area contributed by atoms with E-state index in [-0.39, 0.29) is 5.91 Å². The average molecular weight is 289 g/mol. The van der Waals surface area contributed by atoms with Crippen molar-refractivity contribution < 1.29 is 4.79 Å². The SMILES string of the molecule is Cc1cccc(C(=O)NCCc2cccc(Cl)c2)c1N. The van der Waals surface area contributed by atoms with Crippen LogP contribution in [0.3, 0.4) is 0 Å². The second-order valence-corrected chi connectivity index (χ2v) is 5.11. The van der Waals surface area contributed by atoms with E-state index < -0.39 is 0 Å². The Kier molecular flexibility index (Phi) is 4.64. The van der Waals surface area contributed by atoms with Gasteiger partial charge in [0.25, 0.3) is 5.91 Å². The van der Waals surface area contributed by atoms with E-state index in [1.165, 1.54) is 0 Å². The molecule has 0 aliphatic carbocycles. The quantitative estimate of drug-likeness (QED) is 0.849. The lowest BCUT2D eigenvalue weighted by Crippen LogP contribution is -2.26. The number of nitrogens with one attached hydrogen (secondary N) is 1. The number of aryl methyl sites for hydroxylation is 1. The summed E-state index contributed by atoms with van der Waals surface area (Å²) in [5.74, 6) is -0.145. The molecule has 4 heteroatoms. The fourth-order valence-electron chi connectivity index (χ4n) is 1.99. The Morgan fingerprint density at radius 2 is 2.00 bits per heavy atom. The molecular formula is C16H17ClN2O. The maximum Gasteiger partial charge on any atom is 0.253 e. The molecule has 2 aromatic carbocycles. The summed E-state index contributed by atoms with van der Waals surface area (Å²) in [6.07, 6.45) is 0.734. The molecule has 0 saturated heterocycles. The van der Waals surface area contributed by atoms with Gasteiger partial charge in [-0.1, -0.05) is 35.9 Å². The summed E-state index contributed by atoms with van der Waals surface area (Å²) >= 11 is 5.92. The fourth-order valence-corrected chi connectivity index (χ4v) is 2.20. The first kappa shape index (κ1) is 14.4. The average Bonchev–Trinajstić information content (AvgIpc) is 2.42. The molecule has 2 rings (SSSR count). The first-order valence-corrected chi connectivity index (χ1v) is 6.83. The zero-order valence-electron chi connectivity index (χ0n) is 11.3. The van der Waals surface area contributed by atoms with Crippen LogP contribution in [0.4, 0.5) is 5.69 Å². The highest BCUT2D eigenvalue weighted by Gasteiger charge is 2.10. The Morgan fingerprint density at radius 1 is 1.25 bits per heavy atom. The number of carbonyl (C=O) groups excluding carboxylic acids is 1. The largest absolute Gasteiger partial charge is 0.398 e. The first-order chi connectivity index (χ1) is 9.58. The summed E-state index contributed by atoms with van der Waals surface area (Å²) in [7, 11) is 0. The lowest BCUT2D eigenvalue weighted by atomic mass is 10.1. The number of hydrogen-bond acceptors (Lipinski definition) is 2. The number of nitrogens with two attached hydrogens (primary N) is 1. The molecule has 3 N–H and O–H groups in total. The highest BCUT2D eigenvalue weighted by atomic mass is 35.5. The van der Waals surface area contributed by atoms with Crippen LogP contribution in [0.2, 0.25) is 5.02 Å². The monoisotopic (exact) mass is 288 g/mol. The van der Waals surface area contributed by atoms with Crippen molar-refractivity contribution in [1.82, 2.24) is 5.32 Å². The summed E-state index contributed by atoms with van der Waals surface area (Å²) in [6.45, 7) is 2.44. The van der Waals surface area contributed by atoms with Gasteiger partial charge < -0.3 is 11.1 Å². The van der Waals surface area contributed by atoms with Gasteiger partial charge in [0.1, 0.15) is 0 Å². The van der Waals surface area contributed by atoms with Gasteiger partial charge in [-0.15, -0.1) is 0 Å². The molecule has 0 aliphatic heterocycles. The van der Waals surface area contributed by atoms with Gasteiger partial charge in [-0.3, -0.25) is 4.79 Å². The molecule has 0 unspecified atom stereocenters. The molecule has 20 heavy (non-hydrogen) atoms. The molecule has 2 aromatic rings. The number of amides is 1. The van der Waals surface area contributed by atoms with E-state index >= 15 is 0 Å². The van der Waals surface area contributed by atoms with Crippen molar-refractivity contribution in [3.63, 3.8) is 0 Å². The molecule has 0 radical (unpaired) electrons. The molecule has 0 bridgehead atoms. The smallest absolute Gasteiger partial charge is 0.253 e. The third-order valence-electron chi connectivity index (χ3n) is 3.16. The molecule has 3 nitrogen and oxygen atoms in total. The minimum Gasteiger partial charge on any atom is -0.398 e. The van der Waals surface area contributed by atoms with E-state index in [4.69, 9.17) is 17.3 Å². The van der Waals surface area contributed by atoms with Crippen molar-refractivity contribution in [2.45, 2.75) is 13.3 Å². The van der Waals surface area contributed by atoms with Crippen LogP contribution in [0.5, 0.6) is 0 Å². The maximum absolute atomic E-state index is 12.1. The molecule has 0 aromatic heterocycles. The topological polar surface area (TPSA) is 55.1 Å². The molecule has 0 atom stereocenters. The van der Waals surface area contributed by atoms with Crippen LogP contribution in [0.25, 0.3) is 0 Å². The van der Waals surface area contributed by atoms with Crippen LogP contribution >= 0.6 is 11.6 Å². The van der Waals surface area contributed by atoms with E-state index in [0.717, 1.165) is 17.5 Å². The number of para-hydroxylation sites is 1. The number of nitrogen functional groups attached to an aromatic ring is 1. The second-order valence-electron chi connectivity index (χ2n) is 4.67. The Hall–Kier alpha value is -2.00. The lowest BCUT2D eigenvalue weighted by Gasteiger charge is -2.09. The minimum atomic E-state index is -0.145. The Labute approximate surface area is 123 Å². The number of hydrogen-bond donors (Lipinski definition) is 2. The van der Waals surface area contributed by atoms with Crippen LogP contribution in [0.15, 0.2) is 42.5 Å². The molecular weight excluding hydrogens is 272 g/mol. The van der Waals surface area contributed by atoms with Crippen LogP contribution < -0.4 is 11.1 Å². The van der Waals surface area contributed by atoms with Crippen molar-refractivity contribution in [2.24, 2.45) is 0 Å². The van der Waals surface area contributed by atoms with E-state index in [1.807, 2.05) is 43.3 Å². The standard InChI is InChI=1S/C16H17ClN2O/c1-11-4-2-7-14(15(11)18)16(20)19-9-8-12-5-3-6-13(17)10-12/h2-7,10H,8-9,18H2,1H3,(H,19,20). The second kappa shape index (κ2) is 6.44. The zero-order valence-corrected chi connectivity index (χ0v) is 12.1. The number of benzene rings is 2. The molecule has 0 fully saturated rings. The molecule has 0 saturated carbocycles. The summed E-state index contributed by atoms with van der Waals surface area (Å²) in [6, 6.07) is 13.1. The van der Waals surface area contributed by atoms with Gasteiger partial charge in [0.2, 0.25) is 0 Å². The van der Waals surface area contributed by atoms with Crippen molar-refractivity contribution in [2.75, 3.05) is 12.3 Å². The maximum atomic E-state index is 12.1. The lowest BCUT2D eigenvalue weighted by molar-refractivity contribution is 0.0955. The number of halogens is 1. The van der Waals surface area contributed by atoms with Crippen molar-refractivity contribution in [3.05, 3.63) is 64.2 Å². The van der Waals surface area contributed by atoms with E-state index in [2.05, 4.69) is 5.32 Å². The van der Waals surface area contributed by atoms with Crippen LogP contribution in [0, 0.1) is 6.92 Å². The summed E-state index contributed by atoms with van der Waals surface area (Å²) in [5, 5.41) is 3.58. The van der Waals surface area contributed by atoms with Gasteiger partial charge in [0, 0.05) is 17.3 Å². The molecule has 0 aliphatic rings. The molecule has 0 heterocycles. The highest BCUT2D eigenvalue weighted by molar-refractivity contribution is 6.30. The van der Waals surface area contributed by atoms with Crippen LogP contribution in [0.1, 0.15) is 21.5 Å². The van der Waals surface area contributed by atoms with E-state index in [9.17, 15) is 4.79 Å². The molecule has 104 valence electrons. The first-order valence-electron chi connectivity index (χ1n) is 6.45. The van der Waals surface area contributed by atoms with Crippen LogP contribution in [-0.4, -0.2) is 12.5 Å². The van der Waals surface area contributed by atoms with Gasteiger partial charge in [-0.2, -0.15) is 0 Å². The summed E-state index contributed by atoms with van der Waals surface area (Å²) in [5.41, 5.74) is 8.97. The number of rotatable bonds is 4. The van der Waals surface area contributed by atoms with E-state index in [1.54, 1.807) is 6.07 Å². The highest BCUT2D eigenvalue weighted by Crippen LogP contribution is 2.16. The van der Waals surface area contributed by atoms with Gasteiger partial charge in [0.15, 0.2) is 0 Å². The minimum absolute atomic E-state index is 0.145. The van der Waals surface area contributed by atoms with Gasteiger partial charge in [0.05, 0.1) is 5.56 Å². The Morgan fingerprint density at radius 3 is 2.75 bits per heavy atom. The number of anilines is 1. The normalized spacial score (nSPS) is 10.3. The molecule has 1 amide bonds. The third-order valence-corrected chi connectivity index (χ3v) is 3.39. The van der Waals surface area contributed by atoms with Gasteiger partial charge >= 0.3 is 0 Å². The summed E-state index contributed by atoms with van der Waals surface area (Å²) < 4.78 is 0. The summed E-state index contributed by atoms with van der Waals surface area (Å²) in [4.78, 5) is 12.1. The van der Waals surface area contributed by atoms with Gasteiger partial charge in [-0.05, 0) is 42.7 Å². The zero-order chi connectivity index (χ0) is 14.5. The molecule has 0 spiro atoms. The Balaban J connectivity index is 1.94. The van der Waals surface area contributed by atoms with E-state index in [0.29, 0.717) is 22.8 Å². The van der Waals surface area contributed by atoms with Crippen molar-refractivity contribution in [3.8, 4) is 0 Å². The van der Waals surface area contributed by atoms with Crippen molar-refractivity contribution in [1.29, 1.82) is 0 Å². The fraction of sp³-hybridized carbons (Fsp3) is 0.188. The predicted molar refractivity (Wildman–Crippen MR) is 83.1 cm³/mol. The number of carbonyl (C=O) groups is 1. The third kappa shape index (κ3) is 3.52. The van der Waals surface area contributed by atoms with Gasteiger partial charge in [-0.25, -0.2) is 0 Å². The van der Waals surface area contributed by atoms with Crippen LogP contribution in [-0.2, 0) is 6.42 Å². The Bertz CT molecular complexity index is 626. The van der Waals surface area contributed by atoms with Crippen molar-refractivity contribution >= 4 is 23.2 Å².